The van der Waals surface area contributed by atoms with Gasteiger partial charge in [0, 0.05) is 16.5 Å². The van der Waals surface area contributed by atoms with Gasteiger partial charge < -0.3 is 4.90 Å². The van der Waals surface area contributed by atoms with Crippen molar-refractivity contribution < 1.29 is 0 Å². The number of rotatable bonds is 1. The molecule has 3 heteroatoms. The lowest BCUT2D eigenvalue weighted by Crippen LogP contribution is -2.34. The van der Waals surface area contributed by atoms with Gasteiger partial charge in [0.1, 0.15) is 0 Å². The molecule has 136 valence electrons. The molecule has 0 atom stereocenters. The summed E-state index contributed by atoms with van der Waals surface area (Å²) >= 11 is 0. The molecule has 3 aromatic rings. The minimum atomic E-state index is -0.112. The third-order valence-electron chi connectivity index (χ3n) is 5.90. The molecule has 0 spiro atoms. The third kappa shape index (κ3) is 2.16. The van der Waals surface area contributed by atoms with Gasteiger partial charge in [0.25, 0.3) is 0 Å². The number of nitrogens with zero attached hydrogens (tertiary/aromatic N) is 1. The van der Waals surface area contributed by atoms with E-state index in [2.05, 4.69) is 67.3 Å². The smallest absolute Gasteiger partial charge is 0.0869 e. The van der Waals surface area contributed by atoms with Gasteiger partial charge in [-0.15, -0.1) is 0 Å². The molecule has 0 unspecified atom stereocenters. The van der Waals surface area contributed by atoms with Gasteiger partial charge in [-0.05, 0) is 29.3 Å². The molecule has 28 heavy (non-hydrogen) atoms. The van der Waals surface area contributed by atoms with Crippen LogP contribution in [0.4, 0.5) is 11.4 Å². The van der Waals surface area contributed by atoms with E-state index in [0.717, 1.165) is 28.2 Å². The molecule has 3 aromatic carbocycles. The molecule has 0 bridgehead atoms. The maximum absolute atomic E-state index is 8.39. The monoisotopic (exact) mass is 363 g/mol. The summed E-state index contributed by atoms with van der Waals surface area (Å²) in [4.78, 5) is 2.26. The number of fused-ring (bicyclic) bond motifs is 3. The minimum Gasteiger partial charge on any atom is -0.309 e. The van der Waals surface area contributed by atoms with Crippen LogP contribution < -0.4 is 4.90 Å². The van der Waals surface area contributed by atoms with Gasteiger partial charge in [-0.25, -0.2) is 0 Å². The predicted molar refractivity (Wildman–Crippen MR) is 116 cm³/mol. The van der Waals surface area contributed by atoms with Crippen LogP contribution in [0.3, 0.4) is 0 Å². The van der Waals surface area contributed by atoms with Crippen LogP contribution in [-0.4, -0.2) is 11.4 Å². The molecule has 5 rings (SSSR count). The molecular formula is C25H21N3. The quantitative estimate of drug-likeness (QED) is 0.555. The highest BCUT2D eigenvalue weighted by Crippen LogP contribution is 2.51. The van der Waals surface area contributed by atoms with E-state index in [4.69, 9.17) is 10.8 Å². The lowest BCUT2D eigenvalue weighted by Gasteiger charge is -2.43. The van der Waals surface area contributed by atoms with E-state index in [-0.39, 0.29) is 16.8 Å². The summed E-state index contributed by atoms with van der Waals surface area (Å²) < 4.78 is 0. The van der Waals surface area contributed by atoms with Crippen molar-refractivity contribution in [3.8, 4) is 0 Å². The van der Waals surface area contributed by atoms with Crippen LogP contribution in [0.15, 0.2) is 78.9 Å². The van der Waals surface area contributed by atoms with Crippen molar-refractivity contribution in [1.82, 2.24) is 0 Å². The van der Waals surface area contributed by atoms with E-state index in [9.17, 15) is 0 Å². The Kier molecular flexibility index (Phi) is 3.44. The Hall–Kier alpha value is -3.46. The molecule has 1 heterocycles. The summed E-state index contributed by atoms with van der Waals surface area (Å²) in [7, 11) is 0. The van der Waals surface area contributed by atoms with Crippen molar-refractivity contribution in [2.45, 2.75) is 19.3 Å². The summed E-state index contributed by atoms with van der Waals surface area (Å²) in [5.74, 6) is 0. The fourth-order valence-electron chi connectivity index (χ4n) is 4.47. The lowest BCUT2D eigenvalue weighted by molar-refractivity contribution is 0.632. The third-order valence-corrected chi connectivity index (χ3v) is 5.90. The predicted octanol–water partition coefficient (Wildman–Crippen LogP) is 5.91. The minimum absolute atomic E-state index is 0.112. The van der Waals surface area contributed by atoms with E-state index in [1.807, 2.05) is 30.3 Å². The van der Waals surface area contributed by atoms with Crippen LogP contribution in [0.5, 0.6) is 0 Å². The number of hydrogen-bond donors (Lipinski definition) is 2. The molecule has 1 aliphatic heterocycles. The van der Waals surface area contributed by atoms with E-state index >= 15 is 0 Å². The molecule has 0 amide bonds. The highest BCUT2D eigenvalue weighted by atomic mass is 15.2. The van der Waals surface area contributed by atoms with E-state index in [1.54, 1.807) is 0 Å². The zero-order chi connectivity index (χ0) is 19.5. The standard InChI is InChI=1S/C25H21N3/c1-25(2)18-11-5-7-13-21(18)28(22-14-8-6-12-19(22)25)23-15-20(26)24(27)17-10-4-3-9-16(17)23/h3-15,26-27H,1-2H3. The van der Waals surface area contributed by atoms with Crippen LogP contribution in [0, 0.1) is 10.8 Å². The first-order valence-electron chi connectivity index (χ1n) is 9.48. The molecule has 2 N–H and O–H groups in total. The Labute approximate surface area is 165 Å². The van der Waals surface area contributed by atoms with Gasteiger partial charge in [0.05, 0.1) is 28.5 Å². The van der Waals surface area contributed by atoms with Gasteiger partial charge in [-0.1, -0.05) is 74.5 Å². The maximum atomic E-state index is 8.39. The van der Waals surface area contributed by atoms with Crippen LogP contribution in [0.25, 0.3) is 5.70 Å². The van der Waals surface area contributed by atoms with Crippen LogP contribution in [0.2, 0.25) is 0 Å². The van der Waals surface area contributed by atoms with Crippen molar-refractivity contribution >= 4 is 28.5 Å². The molecule has 0 aromatic heterocycles. The van der Waals surface area contributed by atoms with Gasteiger partial charge in [0.2, 0.25) is 0 Å². The second-order valence-electron chi connectivity index (χ2n) is 7.86. The van der Waals surface area contributed by atoms with E-state index in [1.165, 1.54) is 11.1 Å². The first-order valence-corrected chi connectivity index (χ1v) is 9.48. The number of anilines is 2. The highest BCUT2D eigenvalue weighted by Gasteiger charge is 2.38. The van der Waals surface area contributed by atoms with E-state index < -0.39 is 0 Å². The van der Waals surface area contributed by atoms with Gasteiger partial charge in [-0.3, -0.25) is 10.8 Å². The van der Waals surface area contributed by atoms with Crippen LogP contribution >= 0.6 is 0 Å². The highest BCUT2D eigenvalue weighted by molar-refractivity contribution is 6.53. The topological polar surface area (TPSA) is 50.9 Å². The molecule has 0 saturated carbocycles. The Morgan fingerprint density at radius 3 is 1.79 bits per heavy atom. The molecule has 3 nitrogen and oxygen atoms in total. The average Bonchev–Trinajstić information content (AvgIpc) is 2.72. The van der Waals surface area contributed by atoms with Crippen LogP contribution in [-0.2, 0) is 5.41 Å². The first kappa shape index (κ1) is 16.7. The molecule has 0 fully saturated rings. The second-order valence-corrected chi connectivity index (χ2v) is 7.86. The molecular weight excluding hydrogens is 342 g/mol. The van der Waals surface area contributed by atoms with Crippen molar-refractivity contribution in [2.75, 3.05) is 4.90 Å². The summed E-state index contributed by atoms with van der Waals surface area (Å²) in [5.41, 5.74) is 7.95. The fraction of sp³-hybridized carbons (Fsp3) is 0.120. The summed E-state index contributed by atoms with van der Waals surface area (Å²) in [5, 5.41) is 16.7. The van der Waals surface area contributed by atoms with Crippen LogP contribution in [0.1, 0.15) is 36.1 Å². The molecule has 0 radical (unpaired) electrons. The molecule has 2 aliphatic rings. The zero-order valence-electron chi connectivity index (χ0n) is 16.0. The largest absolute Gasteiger partial charge is 0.309 e. The Morgan fingerprint density at radius 2 is 1.18 bits per heavy atom. The van der Waals surface area contributed by atoms with Crippen molar-refractivity contribution in [2.24, 2.45) is 0 Å². The number of benzene rings is 3. The number of hydrogen-bond acceptors (Lipinski definition) is 3. The van der Waals surface area contributed by atoms with Gasteiger partial charge in [-0.2, -0.15) is 0 Å². The molecule has 1 aliphatic carbocycles. The Morgan fingerprint density at radius 1 is 0.679 bits per heavy atom. The van der Waals surface area contributed by atoms with Gasteiger partial charge >= 0.3 is 0 Å². The number of allylic oxidation sites excluding steroid dienone is 1. The first-order chi connectivity index (χ1) is 13.5. The lowest BCUT2D eigenvalue weighted by atomic mass is 9.73. The van der Waals surface area contributed by atoms with Crippen molar-refractivity contribution in [3.63, 3.8) is 0 Å². The van der Waals surface area contributed by atoms with Gasteiger partial charge in [0.15, 0.2) is 0 Å². The Balaban J connectivity index is 1.84. The van der Waals surface area contributed by atoms with E-state index in [0.29, 0.717) is 0 Å². The molecule has 0 saturated heterocycles. The second kappa shape index (κ2) is 5.77. The Bertz CT molecular complexity index is 1130. The zero-order valence-corrected chi connectivity index (χ0v) is 16.0. The van der Waals surface area contributed by atoms with Crippen molar-refractivity contribution in [3.05, 3.63) is 101 Å². The SMILES string of the molecule is CC1(C)c2ccccc2N(C2=CC(=N)C(=N)c3ccccc32)c2ccccc21. The fourth-order valence-corrected chi connectivity index (χ4v) is 4.47. The summed E-state index contributed by atoms with van der Waals surface area (Å²) in [6, 6.07) is 24.9. The maximum Gasteiger partial charge on any atom is 0.0869 e. The summed E-state index contributed by atoms with van der Waals surface area (Å²) in [6.07, 6.45) is 1.83. The number of para-hydroxylation sites is 2. The number of nitrogens with one attached hydrogen (secondary N) is 2. The normalized spacial score (nSPS) is 16.8. The van der Waals surface area contributed by atoms with Crippen molar-refractivity contribution in [1.29, 1.82) is 10.8 Å². The summed E-state index contributed by atoms with van der Waals surface area (Å²) in [6.45, 7) is 4.53. The average molecular weight is 363 g/mol.